The first-order chi connectivity index (χ1) is 14.7. The van der Waals surface area contributed by atoms with E-state index in [2.05, 4.69) is 28.2 Å². The van der Waals surface area contributed by atoms with Crippen LogP contribution in [0.5, 0.6) is 11.5 Å². The zero-order chi connectivity index (χ0) is 23.0. The van der Waals surface area contributed by atoms with E-state index in [1.165, 1.54) is 10.5 Å². The van der Waals surface area contributed by atoms with E-state index in [4.69, 9.17) is 9.47 Å². The van der Waals surface area contributed by atoms with Crippen LogP contribution in [0.15, 0.2) is 46.9 Å². The topological polar surface area (TPSA) is 67.9 Å². The van der Waals surface area contributed by atoms with Gasteiger partial charge < -0.3 is 19.7 Å². The third-order valence-electron chi connectivity index (χ3n) is 4.87. The van der Waals surface area contributed by atoms with E-state index in [1.807, 2.05) is 56.3 Å². The van der Waals surface area contributed by atoms with Crippen molar-refractivity contribution < 1.29 is 19.1 Å². The molecule has 31 heavy (non-hydrogen) atoms. The number of ether oxygens (including phenoxy) is 2. The maximum Gasteiger partial charge on any atom is 0.261 e. The lowest BCUT2D eigenvalue weighted by molar-refractivity contribution is -0.142. The number of halogens is 1. The summed E-state index contributed by atoms with van der Waals surface area (Å²) in [5, 5.41) is 2.88. The Bertz CT molecular complexity index is 884. The molecule has 0 heterocycles. The van der Waals surface area contributed by atoms with Gasteiger partial charge in [0.2, 0.25) is 5.91 Å². The standard InChI is InChI=1S/C24H31BrN2O4/c1-6-18-9-12-22(21(25)13-18)31-15-23(28)27(17(4)24(29)26-16(2)3)14-19-7-10-20(30-5)11-8-19/h7-13,16-17H,6,14-15H2,1-5H3,(H,26,29)/t17-/m0/s1. The van der Waals surface area contributed by atoms with Gasteiger partial charge in [-0.25, -0.2) is 0 Å². The normalized spacial score (nSPS) is 11.7. The van der Waals surface area contributed by atoms with Gasteiger partial charge in [0.25, 0.3) is 5.91 Å². The number of amides is 2. The lowest BCUT2D eigenvalue weighted by Gasteiger charge is -2.29. The van der Waals surface area contributed by atoms with E-state index in [9.17, 15) is 9.59 Å². The van der Waals surface area contributed by atoms with Crippen LogP contribution in [-0.4, -0.2) is 42.5 Å². The maximum absolute atomic E-state index is 13.1. The third-order valence-corrected chi connectivity index (χ3v) is 5.49. The Morgan fingerprint density at radius 2 is 1.71 bits per heavy atom. The fourth-order valence-electron chi connectivity index (χ4n) is 3.02. The van der Waals surface area contributed by atoms with Crippen molar-refractivity contribution in [2.24, 2.45) is 0 Å². The highest BCUT2D eigenvalue weighted by atomic mass is 79.9. The molecule has 7 heteroatoms. The molecular weight excluding hydrogens is 460 g/mol. The smallest absolute Gasteiger partial charge is 0.261 e. The van der Waals surface area contributed by atoms with Crippen LogP contribution in [-0.2, 0) is 22.6 Å². The van der Waals surface area contributed by atoms with Crippen LogP contribution in [0, 0.1) is 0 Å². The van der Waals surface area contributed by atoms with E-state index < -0.39 is 6.04 Å². The number of methoxy groups -OCH3 is 1. The molecule has 0 aliphatic rings. The maximum atomic E-state index is 13.1. The van der Waals surface area contributed by atoms with Gasteiger partial charge in [-0.3, -0.25) is 9.59 Å². The van der Waals surface area contributed by atoms with Crippen molar-refractivity contribution in [2.45, 2.75) is 52.7 Å². The van der Waals surface area contributed by atoms with Crippen molar-refractivity contribution in [3.8, 4) is 11.5 Å². The molecular formula is C24H31BrN2O4. The molecule has 2 rings (SSSR count). The number of carbonyl (C=O) groups is 2. The molecule has 0 aliphatic heterocycles. The Morgan fingerprint density at radius 1 is 1.06 bits per heavy atom. The molecule has 0 aromatic heterocycles. The Labute approximate surface area is 193 Å². The minimum absolute atomic E-state index is 0.0165. The van der Waals surface area contributed by atoms with Crippen molar-refractivity contribution in [1.29, 1.82) is 0 Å². The van der Waals surface area contributed by atoms with E-state index in [0.29, 0.717) is 5.75 Å². The van der Waals surface area contributed by atoms with E-state index in [-0.39, 0.29) is 31.0 Å². The van der Waals surface area contributed by atoms with Crippen LogP contribution in [0.25, 0.3) is 0 Å². The number of benzene rings is 2. The summed E-state index contributed by atoms with van der Waals surface area (Å²) in [5.74, 6) is 0.851. The Kier molecular flexibility index (Phi) is 9.37. The highest BCUT2D eigenvalue weighted by Gasteiger charge is 2.27. The fraction of sp³-hybridized carbons (Fsp3) is 0.417. The van der Waals surface area contributed by atoms with Crippen LogP contribution < -0.4 is 14.8 Å². The molecule has 0 bridgehead atoms. The van der Waals surface area contributed by atoms with Gasteiger partial charge in [-0.15, -0.1) is 0 Å². The molecule has 0 unspecified atom stereocenters. The monoisotopic (exact) mass is 490 g/mol. The number of hydrogen-bond acceptors (Lipinski definition) is 4. The average Bonchev–Trinajstić information content (AvgIpc) is 2.75. The molecule has 0 radical (unpaired) electrons. The average molecular weight is 491 g/mol. The van der Waals surface area contributed by atoms with Gasteiger partial charge in [0, 0.05) is 12.6 Å². The highest BCUT2D eigenvalue weighted by Crippen LogP contribution is 2.26. The number of rotatable bonds is 10. The van der Waals surface area contributed by atoms with Crippen LogP contribution in [0.2, 0.25) is 0 Å². The van der Waals surface area contributed by atoms with E-state index >= 15 is 0 Å². The molecule has 0 saturated heterocycles. The molecule has 0 saturated carbocycles. The van der Waals surface area contributed by atoms with Crippen LogP contribution in [0.4, 0.5) is 0 Å². The molecule has 1 N–H and O–H groups in total. The van der Waals surface area contributed by atoms with Crippen molar-refractivity contribution in [1.82, 2.24) is 10.2 Å². The van der Waals surface area contributed by atoms with Gasteiger partial charge >= 0.3 is 0 Å². The molecule has 1 atom stereocenters. The van der Waals surface area contributed by atoms with Gasteiger partial charge in [0.05, 0.1) is 11.6 Å². The lowest BCUT2D eigenvalue weighted by atomic mass is 10.1. The summed E-state index contributed by atoms with van der Waals surface area (Å²) < 4.78 is 11.8. The van der Waals surface area contributed by atoms with Crippen molar-refractivity contribution in [2.75, 3.05) is 13.7 Å². The summed E-state index contributed by atoms with van der Waals surface area (Å²) in [4.78, 5) is 27.2. The predicted molar refractivity (Wildman–Crippen MR) is 125 cm³/mol. The molecule has 0 fully saturated rings. The Morgan fingerprint density at radius 3 is 2.26 bits per heavy atom. The summed E-state index contributed by atoms with van der Waals surface area (Å²) in [6.07, 6.45) is 0.913. The van der Waals surface area contributed by atoms with Gasteiger partial charge in [0.1, 0.15) is 17.5 Å². The minimum atomic E-state index is -0.647. The summed E-state index contributed by atoms with van der Waals surface area (Å²) >= 11 is 3.50. The second-order valence-corrected chi connectivity index (χ2v) is 8.47. The molecule has 0 spiro atoms. The number of aryl methyl sites for hydroxylation is 1. The molecule has 2 aromatic rings. The summed E-state index contributed by atoms with van der Waals surface area (Å²) in [6.45, 7) is 7.70. The van der Waals surface area contributed by atoms with Crippen molar-refractivity contribution >= 4 is 27.7 Å². The predicted octanol–water partition coefficient (Wildman–Crippen LogP) is 4.34. The zero-order valence-corrected chi connectivity index (χ0v) is 20.4. The van der Waals surface area contributed by atoms with Gasteiger partial charge in [-0.2, -0.15) is 0 Å². The van der Waals surface area contributed by atoms with E-state index in [1.54, 1.807) is 14.0 Å². The second-order valence-electron chi connectivity index (χ2n) is 7.62. The van der Waals surface area contributed by atoms with Crippen LogP contribution in [0.3, 0.4) is 0 Å². The largest absolute Gasteiger partial charge is 0.497 e. The minimum Gasteiger partial charge on any atom is -0.497 e. The molecule has 2 amide bonds. The second kappa shape index (κ2) is 11.7. The number of hydrogen-bond donors (Lipinski definition) is 1. The Hall–Kier alpha value is -2.54. The summed E-state index contributed by atoms with van der Waals surface area (Å²) in [7, 11) is 1.60. The first kappa shape index (κ1) is 24.7. The first-order valence-electron chi connectivity index (χ1n) is 10.4. The number of carbonyl (C=O) groups excluding carboxylic acids is 2. The SMILES string of the molecule is CCc1ccc(OCC(=O)N(Cc2ccc(OC)cc2)[C@@H](C)C(=O)NC(C)C)c(Br)c1. The number of nitrogens with one attached hydrogen (secondary N) is 1. The summed E-state index contributed by atoms with van der Waals surface area (Å²) in [6, 6.07) is 12.6. The lowest BCUT2D eigenvalue weighted by Crippen LogP contribution is -2.50. The van der Waals surface area contributed by atoms with Gasteiger partial charge in [0.15, 0.2) is 6.61 Å². The molecule has 2 aromatic carbocycles. The van der Waals surface area contributed by atoms with Crippen LogP contribution >= 0.6 is 15.9 Å². The third kappa shape index (κ3) is 7.28. The van der Waals surface area contributed by atoms with Gasteiger partial charge in [-0.05, 0) is 78.5 Å². The van der Waals surface area contributed by atoms with E-state index in [0.717, 1.165) is 22.2 Å². The van der Waals surface area contributed by atoms with Crippen molar-refractivity contribution in [3.63, 3.8) is 0 Å². The molecule has 6 nitrogen and oxygen atoms in total. The highest BCUT2D eigenvalue weighted by molar-refractivity contribution is 9.10. The van der Waals surface area contributed by atoms with Crippen molar-refractivity contribution in [3.05, 3.63) is 58.1 Å². The fourth-order valence-corrected chi connectivity index (χ4v) is 3.56. The van der Waals surface area contributed by atoms with Crippen LogP contribution in [0.1, 0.15) is 38.8 Å². The first-order valence-corrected chi connectivity index (χ1v) is 11.2. The Balaban J connectivity index is 2.17. The molecule has 168 valence electrons. The number of nitrogens with zero attached hydrogens (tertiary/aromatic N) is 1. The molecule has 0 aliphatic carbocycles. The zero-order valence-electron chi connectivity index (χ0n) is 18.8. The quantitative estimate of drug-likeness (QED) is 0.537. The summed E-state index contributed by atoms with van der Waals surface area (Å²) in [5.41, 5.74) is 2.07. The van der Waals surface area contributed by atoms with Gasteiger partial charge in [-0.1, -0.05) is 25.1 Å².